The molecule has 0 spiro atoms. The molecule has 1 N–H and O–H groups in total. The maximum Gasteiger partial charge on any atom is 0.332 e. The number of aromatic nitrogens is 2. The van der Waals surface area contributed by atoms with Gasteiger partial charge in [0.1, 0.15) is 0 Å². The standard InChI is InChI=1S/C10H16N2O3/c1-3-4-12-7-11-5-9(12)6-15-8(2)10(13)14/h5,7-8H,3-4,6H2,1-2H3,(H,13,14)/t8-/m1/s1. The molecule has 0 unspecified atom stereocenters. The van der Waals surface area contributed by atoms with E-state index >= 15 is 0 Å². The van der Waals surface area contributed by atoms with Gasteiger partial charge in [-0.3, -0.25) is 0 Å². The van der Waals surface area contributed by atoms with E-state index in [1.54, 1.807) is 12.5 Å². The SMILES string of the molecule is CCCn1cncc1CO[C@H](C)C(=O)O. The van der Waals surface area contributed by atoms with E-state index in [4.69, 9.17) is 9.84 Å². The van der Waals surface area contributed by atoms with Crippen LogP contribution in [0.15, 0.2) is 12.5 Å². The molecule has 0 bridgehead atoms. The smallest absolute Gasteiger partial charge is 0.332 e. The first-order chi connectivity index (χ1) is 7.15. The van der Waals surface area contributed by atoms with E-state index in [0.29, 0.717) is 0 Å². The molecule has 0 amide bonds. The Balaban J connectivity index is 2.49. The highest BCUT2D eigenvalue weighted by molar-refractivity contribution is 5.71. The number of hydrogen-bond donors (Lipinski definition) is 1. The first kappa shape index (κ1) is 11.7. The second-order valence-electron chi connectivity index (χ2n) is 3.37. The van der Waals surface area contributed by atoms with E-state index in [0.717, 1.165) is 18.7 Å². The molecule has 0 aromatic carbocycles. The molecule has 0 fully saturated rings. The van der Waals surface area contributed by atoms with Gasteiger partial charge < -0.3 is 14.4 Å². The van der Waals surface area contributed by atoms with Gasteiger partial charge in [0.2, 0.25) is 0 Å². The molecule has 1 atom stereocenters. The molecule has 15 heavy (non-hydrogen) atoms. The number of hydrogen-bond acceptors (Lipinski definition) is 3. The Morgan fingerprint density at radius 1 is 1.73 bits per heavy atom. The fourth-order valence-corrected chi connectivity index (χ4v) is 1.19. The highest BCUT2D eigenvalue weighted by Gasteiger charge is 2.12. The second kappa shape index (κ2) is 5.50. The summed E-state index contributed by atoms with van der Waals surface area (Å²) in [5.74, 6) is -0.948. The molecular formula is C10H16N2O3. The molecule has 1 aromatic heterocycles. The largest absolute Gasteiger partial charge is 0.479 e. The molecular weight excluding hydrogens is 196 g/mol. The van der Waals surface area contributed by atoms with Crippen molar-refractivity contribution in [1.82, 2.24) is 9.55 Å². The third-order valence-electron chi connectivity index (χ3n) is 2.09. The Bertz CT molecular complexity index is 322. The van der Waals surface area contributed by atoms with Gasteiger partial charge in [-0.2, -0.15) is 0 Å². The number of rotatable bonds is 6. The van der Waals surface area contributed by atoms with Crippen LogP contribution < -0.4 is 0 Å². The van der Waals surface area contributed by atoms with E-state index in [1.165, 1.54) is 6.92 Å². The van der Waals surface area contributed by atoms with Crippen LogP contribution in [-0.2, 0) is 22.7 Å². The minimum Gasteiger partial charge on any atom is -0.479 e. The van der Waals surface area contributed by atoms with Crippen molar-refractivity contribution in [2.75, 3.05) is 0 Å². The van der Waals surface area contributed by atoms with Crippen LogP contribution in [0.4, 0.5) is 0 Å². The average Bonchev–Trinajstić information content (AvgIpc) is 2.62. The summed E-state index contributed by atoms with van der Waals surface area (Å²) in [7, 11) is 0. The van der Waals surface area contributed by atoms with Gasteiger partial charge in [-0.15, -0.1) is 0 Å². The zero-order valence-corrected chi connectivity index (χ0v) is 9.01. The van der Waals surface area contributed by atoms with Crippen LogP contribution in [0.5, 0.6) is 0 Å². The quantitative estimate of drug-likeness (QED) is 0.771. The lowest BCUT2D eigenvalue weighted by Gasteiger charge is -2.10. The number of nitrogens with zero attached hydrogens (tertiary/aromatic N) is 2. The lowest BCUT2D eigenvalue weighted by Crippen LogP contribution is -2.20. The second-order valence-corrected chi connectivity index (χ2v) is 3.37. The Hall–Kier alpha value is -1.36. The number of aryl methyl sites for hydroxylation is 1. The van der Waals surface area contributed by atoms with Crippen LogP contribution in [0.25, 0.3) is 0 Å². The normalized spacial score (nSPS) is 12.7. The lowest BCUT2D eigenvalue weighted by molar-refractivity contribution is -0.150. The number of ether oxygens (including phenoxy) is 1. The molecule has 1 heterocycles. The van der Waals surface area contributed by atoms with Gasteiger partial charge in [-0.1, -0.05) is 6.92 Å². The summed E-state index contributed by atoms with van der Waals surface area (Å²) in [5.41, 5.74) is 0.907. The predicted molar refractivity (Wildman–Crippen MR) is 54.4 cm³/mol. The van der Waals surface area contributed by atoms with Crippen LogP contribution in [0.1, 0.15) is 26.0 Å². The van der Waals surface area contributed by atoms with E-state index in [2.05, 4.69) is 11.9 Å². The topological polar surface area (TPSA) is 64.4 Å². The molecule has 84 valence electrons. The third-order valence-corrected chi connectivity index (χ3v) is 2.09. The van der Waals surface area contributed by atoms with Gasteiger partial charge >= 0.3 is 5.97 Å². The Morgan fingerprint density at radius 3 is 3.07 bits per heavy atom. The molecule has 0 radical (unpaired) electrons. The van der Waals surface area contributed by atoms with Gasteiger partial charge in [0.25, 0.3) is 0 Å². The Kier molecular flexibility index (Phi) is 4.30. The highest BCUT2D eigenvalue weighted by atomic mass is 16.5. The zero-order valence-electron chi connectivity index (χ0n) is 9.01. The molecule has 0 saturated carbocycles. The molecule has 5 nitrogen and oxygen atoms in total. The summed E-state index contributed by atoms with van der Waals surface area (Å²) in [5, 5.41) is 8.64. The van der Waals surface area contributed by atoms with Crippen LogP contribution in [0.3, 0.4) is 0 Å². The van der Waals surface area contributed by atoms with Crippen molar-refractivity contribution in [3.05, 3.63) is 18.2 Å². The first-order valence-corrected chi connectivity index (χ1v) is 4.98. The number of carbonyl (C=O) groups is 1. The maximum atomic E-state index is 10.5. The first-order valence-electron chi connectivity index (χ1n) is 4.98. The van der Waals surface area contributed by atoms with E-state index < -0.39 is 12.1 Å². The van der Waals surface area contributed by atoms with Crippen molar-refractivity contribution < 1.29 is 14.6 Å². The van der Waals surface area contributed by atoms with Crippen molar-refractivity contribution in [1.29, 1.82) is 0 Å². The van der Waals surface area contributed by atoms with Crippen LogP contribution in [0, 0.1) is 0 Å². The van der Waals surface area contributed by atoms with Crippen molar-refractivity contribution >= 4 is 5.97 Å². The van der Waals surface area contributed by atoms with Gasteiger partial charge in [0.05, 0.1) is 24.8 Å². The van der Waals surface area contributed by atoms with Crippen LogP contribution >= 0.6 is 0 Å². The molecule has 0 aliphatic carbocycles. The summed E-state index contributed by atoms with van der Waals surface area (Å²) in [6, 6.07) is 0. The highest BCUT2D eigenvalue weighted by Crippen LogP contribution is 2.04. The lowest BCUT2D eigenvalue weighted by atomic mass is 10.4. The molecule has 0 aliphatic rings. The van der Waals surface area contributed by atoms with Crippen LogP contribution in [-0.4, -0.2) is 26.7 Å². The monoisotopic (exact) mass is 212 g/mol. The molecule has 0 saturated heterocycles. The van der Waals surface area contributed by atoms with Gasteiger partial charge in [0, 0.05) is 6.54 Å². The van der Waals surface area contributed by atoms with E-state index in [-0.39, 0.29) is 6.61 Å². The van der Waals surface area contributed by atoms with Gasteiger partial charge in [-0.25, -0.2) is 9.78 Å². The summed E-state index contributed by atoms with van der Waals surface area (Å²) >= 11 is 0. The maximum absolute atomic E-state index is 10.5. The van der Waals surface area contributed by atoms with Crippen molar-refractivity contribution in [3.63, 3.8) is 0 Å². The third kappa shape index (κ3) is 3.36. The van der Waals surface area contributed by atoms with Crippen molar-refractivity contribution in [2.45, 2.75) is 39.5 Å². The predicted octanol–water partition coefficient (Wildman–Crippen LogP) is 1.28. The summed E-state index contributed by atoms with van der Waals surface area (Å²) in [4.78, 5) is 14.5. The van der Waals surface area contributed by atoms with Crippen molar-refractivity contribution in [2.24, 2.45) is 0 Å². The Morgan fingerprint density at radius 2 is 2.47 bits per heavy atom. The number of carboxylic acid groups (broad SMARTS) is 1. The van der Waals surface area contributed by atoms with Crippen molar-refractivity contribution in [3.8, 4) is 0 Å². The average molecular weight is 212 g/mol. The fourth-order valence-electron chi connectivity index (χ4n) is 1.19. The van der Waals surface area contributed by atoms with Gasteiger partial charge in [-0.05, 0) is 13.3 Å². The Labute approximate surface area is 88.7 Å². The van der Waals surface area contributed by atoms with E-state index in [1.807, 2.05) is 4.57 Å². The summed E-state index contributed by atoms with van der Waals surface area (Å²) in [6.07, 6.45) is 3.66. The number of imidazole rings is 1. The number of carboxylic acids is 1. The molecule has 0 aliphatic heterocycles. The molecule has 1 rings (SSSR count). The minimum absolute atomic E-state index is 0.285. The fraction of sp³-hybridized carbons (Fsp3) is 0.600. The molecule has 1 aromatic rings. The minimum atomic E-state index is -0.948. The van der Waals surface area contributed by atoms with E-state index in [9.17, 15) is 4.79 Å². The number of aliphatic carboxylic acids is 1. The zero-order chi connectivity index (χ0) is 11.3. The van der Waals surface area contributed by atoms with Gasteiger partial charge in [0.15, 0.2) is 6.10 Å². The summed E-state index contributed by atoms with van der Waals surface area (Å²) < 4.78 is 7.14. The van der Waals surface area contributed by atoms with Crippen LogP contribution in [0.2, 0.25) is 0 Å². The molecule has 5 heteroatoms. The summed E-state index contributed by atoms with van der Waals surface area (Å²) in [6.45, 7) is 4.75.